The first-order chi connectivity index (χ1) is 3.66. The number of ketones is 1. The highest BCUT2D eigenvalue weighted by Crippen LogP contribution is 1.87. The lowest BCUT2D eigenvalue weighted by Gasteiger charge is -1.98. The van der Waals surface area contributed by atoms with E-state index in [0.29, 0.717) is 6.42 Å². The van der Waals surface area contributed by atoms with Gasteiger partial charge in [-0.3, -0.25) is 4.79 Å². The molecule has 0 bridgehead atoms. The summed E-state index contributed by atoms with van der Waals surface area (Å²) in [5.41, 5.74) is 5.34. The van der Waals surface area contributed by atoms with Crippen LogP contribution in [-0.2, 0) is 4.79 Å². The van der Waals surface area contributed by atoms with E-state index in [0.717, 1.165) is 0 Å². The molecule has 0 amide bonds. The van der Waals surface area contributed by atoms with Crippen molar-refractivity contribution in [1.29, 1.82) is 0 Å². The summed E-state index contributed by atoms with van der Waals surface area (Å²) in [7, 11) is 0. The van der Waals surface area contributed by atoms with E-state index < -0.39 is 0 Å². The van der Waals surface area contributed by atoms with Crippen LogP contribution >= 0.6 is 0 Å². The van der Waals surface area contributed by atoms with E-state index in [1.165, 1.54) is 6.92 Å². The average molecular weight is 113 g/mol. The van der Waals surface area contributed by atoms with Crippen molar-refractivity contribution in [1.82, 2.24) is 0 Å². The molecule has 0 saturated heterocycles. The molecular weight excluding hydrogens is 102 g/mol. The minimum Gasteiger partial charge on any atom is -0.324 e. The van der Waals surface area contributed by atoms with Gasteiger partial charge in [-0.05, 0) is 6.92 Å². The summed E-state index contributed by atoms with van der Waals surface area (Å²) in [6.07, 6.45) is 1.98. The van der Waals surface area contributed by atoms with Gasteiger partial charge in [0.2, 0.25) is 0 Å². The van der Waals surface area contributed by atoms with Crippen molar-refractivity contribution in [2.24, 2.45) is 5.73 Å². The smallest absolute Gasteiger partial charge is 0.131 e. The summed E-state index contributed by atoms with van der Waals surface area (Å²) >= 11 is 0. The van der Waals surface area contributed by atoms with Crippen LogP contribution in [0.1, 0.15) is 13.3 Å². The summed E-state index contributed by atoms with van der Waals surface area (Å²) in [6, 6.07) is -0.160. The molecule has 0 aliphatic rings. The highest BCUT2D eigenvalue weighted by molar-refractivity contribution is 5.76. The molecule has 0 aromatic rings. The summed E-state index contributed by atoms with van der Waals surface area (Å²) in [5, 5.41) is 0. The summed E-state index contributed by atoms with van der Waals surface area (Å²) < 4.78 is 0. The molecule has 0 fully saturated rings. The van der Waals surface area contributed by atoms with Crippen molar-refractivity contribution in [3.63, 3.8) is 0 Å². The van der Waals surface area contributed by atoms with Gasteiger partial charge in [-0.25, -0.2) is 0 Å². The Kier molecular flexibility index (Phi) is 3.12. The standard InChI is InChI=1S/C6H11NO/c1-3-6(7)4-5(2)8/h3,6H,1,4,7H2,2H3/t6-/m1/s1. The number of hydrogen-bond donors (Lipinski definition) is 1. The molecule has 0 spiro atoms. The van der Waals surface area contributed by atoms with Crippen LogP contribution in [0.4, 0.5) is 0 Å². The number of carbonyl (C=O) groups excluding carboxylic acids is 1. The van der Waals surface area contributed by atoms with Gasteiger partial charge in [0.1, 0.15) is 5.78 Å². The molecule has 1 atom stereocenters. The molecule has 46 valence electrons. The van der Waals surface area contributed by atoms with Gasteiger partial charge in [0.25, 0.3) is 0 Å². The Hall–Kier alpha value is -0.630. The second kappa shape index (κ2) is 3.38. The van der Waals surface area contributed by atoms with E-state index in [2.05, 4.69) is 6.58 Å². The number of hydrogen-bond acceptors (Lipinski definition) is 2. The summed E-state index contributed by atoms with van der Waals surface area (Å²) in [4.78, 5) is 10.3. The molecule has 0 unspecified atom stereocenters. The third-order valence-electron chi connectivity index (χ3n) is 0.826. The van der Waals surface area contributed by atoms with E-state index in [9.17, 15) is 4.79 Å². The zero-order valence-corrected chi connectivity index (χ0v) is 5.05. The van der Waals surface area contributed by atoms with Gasteiger partial charge < -0.3 is 5.73 Å². The number of nitrogens with two attached hydrogens (primary N) is 1. The Morgan fingerprint density at radius 2 is 2.50 bits per heavy atom. The lowest BCUT2D eigenvalue weighted by Crippen LogP contribution is -2.19. The van der Waals surface area contributed by atoms with Crippen molar-refractivity contribution in [3.05, 3.63) is 12.7 Å². The van der Waals surface area contributed by atoms with Gasteiger partial charge in [-0.15, -0.1) is 6.58 Å². The molecule has 0 aromatic carbocycles. The third kappa shape index (κ3) is 3.56. The average Bonchev–Trinajstić information content (AvgIpc) is 1.65. The van der Waals surface area contributed by atoms with Gasteiger partial charge >= 0.3 is 0 Å². The van der Waals surface area contributed by atoms with E-state index in [1.807, 2.05) is 0 Å². The monoisotopic (exact) mass is 113 g/mol. The Balaban J connectivity index is 3.38. The van der Waals surface area contributed by atoms with Crippen LogP contribution in [-0.4, -0.2) is 11.8 Å². The predicted octanol–water partition coefficient (Wildman–Crippen LogP) is 0.479. The topological polar surface area (TPSA) is 43.1 Å². The Morgan fingerprint density at radius 1 is 2.00 bits per heavy atom. The van der Waals surface area contributed by atoms with Crippen LogP contribution < -0.4 is 5.73 Å². The minimum atomic E-state index is -0.160. The summed E-state index contributed by atoms with van der Waals surface area (Å²) in [5.74, 6) is 0.109. The van der Waals surface area contributed by atoms with E-state index in [1.54, 1.807) is 6.08 Å². The first-order valence-electron chi connectivity index (χ1n) is 2.54. The number of Topliss-reactive ketones (excluding diaryl/α,β-unsaturated/α-hetero) is 1. The van der Waals surface area contributed by atoms with E-state index in [-0.39, 0.29) is 11.8 Å². The van der Waals surface area contributed by atoms with Gasteiger partial charge in [-0.2, -0.15) is 0 Å². The van der Waals surface area contributed by atoms with Crippen molar-refractivity contribution >= 4 is 5.78 Å². The SMILES string of the molecule is C=C[C@@H](N)CC(C)=O. The molecular formula is C6H11NO. The van der Waals surface area contributed by atoms with Crippen LogP contribution in [0.15, 0.2) is 12.7 Å². The number of carbonyl (C=O) groups is 1. The van der Waals surface area contributed by atoms with Crippen molar-refractivity contribution in [3.8, 4) is 0 Å². The quantitative estimate of drug-likeness (QED) is 0.541. The fraction of sp³-hybridized carbons (Fsp3) is 0.500. The van der Waals surface area contributed by atoms with Crippen LogP contribution in [0.25, 0.3) is 0 Å². The Morgan fingerprint density at radius 3 is 2.62 bits per heavy atom. The molecule has 0 aliphatic heterocycles. The first-order valence-corrected chi connectivity index (χ1v) is 2.54. The van der Waals surface area contributed by atoms with Crippen LogP contribution in [0.5, 0.6) is 0 Å². The van der Waals surface area contributed by atoms with Gasteiger partial charge in [0.15, 0.2) is 0 Å². The van der Waals surface area contributed by atoms with Gasteiger partial charge in [0.05, 0.1) is 0 Å². The molecule has 0 saturated carbocycles. The zero-order chi connectivity index (χ0) is 6.57. The second-order valence-electron chi connectivity index (χ2n) is 1.81. The maximum absolute atomic E-state index is 10.3. The maximum atomic E-state index is 10.3. The third-order valence-corrected chi connectivity index (χ3v) is 0.826. The molecule has 0 radical (unpaired) electrons. The molecule has 0 aliphatic carbocycles. The Bertz CT molecular complexity index is 98.7. The Labute approximate surface area is 49.4 Å². The molecule has 8 heavy (non-hydrogen) atoms. The van der Waals surface area contributed by atoms with E-state index in [4.69, 9.17) is 5.73 Å². The molecule has 2 N–H and O–H groups in total. The largest absolute Gasteiger partial charge is 0.324 e. The normalized spacial score (nSPS) is 12.8. The lowest BCUT2D eigenvalue weighted by molar-refractivity contribution is -0.117. The molecule has 0 heterocycles. The van der Waals surface area contributed by atoms with Gasteiger partial charge in [0, 0.05) is 12.5 Å². The zero-order valence-electron chi connectivity index (χ0n) is 5.05. The van der Waals surface area contributed by atoms with Crippen molar-refractivity contribution in [2.45, 2.75) is 19.4 Å². The first kappa shape index (κ1) is 7.37. The number of rotatable bonds is 3. The predicted molar refractivity (Wildman–Crippen MR) is 33.5 cm³/mol. The van der Waals surface area contributed by atoms with Crippen LogP contribution in [0, 0.1) is 0 Å². The van der Waals surface area contributed by atoms with Crippen LogP contribution in [0.2, 0.25) is 0 Å². The van der Waals surface area contributed by atoms with E-state index >= 15 is 0 Å². The maximum Gasteiger partial charge on any atom is 0.131 e. The molecule has 2 nitrogen and oxygen atoms in total. The fourth-order valence-electron chi connectivity index (χ4n) is 0.415. The molecule has 0 rings (SSSR count). The van der Waals surface area contributed by atoms with Crippen LogP contribution in [0.3, 0.4) is 0 Å². The minimum absolute atomic E-state index is 0.109. The van der Waals surface area contributed by atoms with Crippen molar-refractivity contribution in [2.75, 3.05) is 0 Å². The highest BCUT2D eigenvalue weighted by Gasteiger charge is 1.97. The van der Waals surface area contributed by atoms with Crippen molar-refractivity contribution < 1.29 is 4.79 Å². The second-order valence-corrected chi connectivity index (χ2v) is 1.81. The molecule has 0 aromatic heterocycles. The van der Waals surface area contributed by atoms with Gasteiger partial charge in [-0.1, -0.05) is 6.08 Å². The highest BCUT2D eigenvalue weighted by atomic mass is 16.1. The summed E-state index contributed by atoms with van der Waals surface area (Å²) in [6.45, 7) is 4.95. The lowest BCUT2D eigenvalue weighted by atomic mass is 10.2. The fourth-order valence-corrected chi connectivity index (χ4v) is 0.415. The molecule has 2 heteroatoms.